The molecule has 2 heterocycles. The highest BCUT2D eigenvalue weighted by molar-refractivity contribution is 5.85. The van der Waals surface area contributed by atoms with E-state index in [1.165, 1.54) is 0 Å². The highest BCUT2D eigenvalue weighted by Crippen LogP contribution is 2.24. The number of nitrogens with zero attached hydrogens (tertiary/aromatic N) is 3. The van der Waals surface area contributed by atoms with Crippen molar-refractivity contribution in [2.75, 3.05) is 0 Å². The molecule has 0 atom stereocenters. The molecule has 0 aliphatic rings. The van der Waals surface area contributed by atoms with Gasteiger partial charge in [-0.3, -0.25) is 5.10 Å². The molecule has 0 amide bonds. The number of aromatic amines is 1. The third-order valence-corrected chi connectivity index (χ3v) is 2.70. The molecule has 2 aromatic heterocycles. The van der Waals surface area contributed by atoms with Crippen LogP contribution in [0.4, 0.5) is 0 Å². The van der Waals surface area contributed by atoms with Gasteiger partial charge >= 0.3 is 0 Å². The first-order valence-electron chi connectivity index (χ1n) is 5.76. The Morgan fingerprint density at radius 2 is 2.05 bits per heavy atom. The Balaban J connectivity index is 2.07. The lowest BCUT2D eigenvalue weighted by Crippen LogP contribution is -1.91. The summed E-state index contributed by atoms with van der Waals surface area (Å²) < 4.78 is 5.55. The first-order valence-corrected chi connectivity index (χ1v) is 5.76. The van der Waals surface area contributed by atoms with Gasteiger partial charge in [0.2, 0.25) is 11.8 Å². The van der Waals surface area contributed by atoms with Gasteiger partial charge in [-0.25, -0.2) is 4.98 Å². The molecule has 92 valence electrons. The van der Waals surface area contributed by atoms with Crippen molar-refractivity contribution in [2.45, 2.75) is 6.92 Å². The van der Waals surface area contributed by atoms with E-state index in [4.69, 9.17) is 4.74 Å². The van der Waals surface area contributed by atoms with Crippen LogP contribution in [0.1, 0.15) is 11.3 Å². The lowest BCUT2D eigenvalue weighted by molar-refractivity contribution is 0.445. The molecular weight excluding hydrogens is 240 g/mol. The maximum Gasteiger partial charge on any atom is 0.240 e. The fraction of sp³-hybridized carbons (Fsp3) is 0.0714. The third-order valence-electron chi connectivity index (χ3n) is 2.70. The van der Waals surface area contributed by atoms with Crippen molar-refractivity contribution in [2.24, 2.45) is 0 Å². The Morgan fingerprint density at radius 3 is 2.79 bits per heavy atom. The third kappa shape index (κ3) is 2.11. The summed E-state index contributed by atoms with van der Waals surface area (Å²) in [6, 6.07) is 13.0. The van der Waals surface area contributed by atoms with Crippen molar-refractivity contribution in [1.82, 2.24) is 15.2 Å². The number of para-hydroxylation sites is 1. The van der Waals surface area contributed by atoms with E-state index < -0.39 is 0 Å². The van der Waals surface area contributed by atoms with Gasteiger partial charge < -0.3 is 4.74 Å². The summed E-state index contributed by atoms with van der Waals surface area (Å²) in [5.74, 6) is 0.797. The zero-order valence-electron chi connectivity index (χ0n) is 10.2. The highest BCUT2D eigenvalue weighted by Gasteiger charge is 2.08. The summed E-state index contributed by atoms with van der Waals surface area (Å²) >= 11 is 0. The number of benzene rings is 1. The van der Waals surface area contributed by atoms with Gasteiger partial charge in [0.1, 0.15) is 6.07 Å². The van der Waals surface area contributed by atoms with E-state index in [1.807, 2.05) is 31.2 Å². The van der Waals surface area contributed by atoms with Crippen molar-refractivity contribution >= 4 is 10.9 Å². The topological polar surface area (TPSA) is 74.6 Å². The summed E-state index contributed by atoms with van der Waals surface area (Å²) in [6.45, 7) is 1.88. The van der Waals surface area contributed by atoms with Gasteiger partial charge in [-0.05, 0) is 13.0 Å². The molecule has 0 unspecified atom stereocenters. The van der Waals surface area contributed by atoms with E-state index in [-0.39, 0.29) is 0 Å². The standard InChI is InChI=1S/C14H10N4O/c1-9-6-14(18-17-9)19-13-7-10(8-15)11-4-2-3-5-12(11)16-13/h2-7H,1H3,(H,17,18). The summed E-state index contributed by atoms with van der Waals surface area (Å²) in [5, 5.41) is 16.8. The zero-order chi connectivity index (χ0) is 13.2. The maximum atomic E-state index is 9.18. The van der Waals surface area contributed by atoms with Crippen molar-refractivity contribution < 1.29 is 4.74 Å². The van der Waals surface area contributed by atoms with Gasteiger partial charge in [0.25, 0.3) is 0 Å². The van der Waals surface area contributed by atoms with Crippen LogP contribution >= 0.6 is 0 Å². The normalized spacial score (nSPS) is 10.3. The molecule has 0 saturated heterocycles. The Labute approximate surface area is 109 Å². The van der Waals surface area contributed by atoms with Crippen LogP contribution in [0.2, 0.25) is 0 Å². The predicted octanol–water partition coefficient (Wildman–Crippen LogP) is 2.93. The van der Waals surface area contributed by atoms with E-state index >= 15 is 0 Å². The number of H-pyrrole nitrogens is 1. The van der Waals surface area contributed by atoms with Crippen LogP contribution in [0, 0.1) is 18.3 Å². The molecular formula is C14H10N4O. The Bertz CT molecular complexity index is 785. The van der Waals surface area contributed by atoms with Gasteiger partial charge in [-0.15, -0.1) is 5.10 Å². The molecule has 3 rings (SSSR count). The SMILES string of the molecule is Cc1cc(Oc2cc(C#N)c3ccccc3n2)n[nH]1. The zero-order valence-corrected chi connectivity index (χ0v) is 10.2. The molecule has 0 saturated carbocycles. The number of hydrogen-bond donors (Lipinski definition) is 1. The van der Waals surface area contributed by atoms with Crippen LogP contribution in [0.3, 0.4) is 0 Å². The van der Waals surface area contributed by atoms with E-state index in [9.17, 15) is 5.26 Å². The average Bonchev–Trinajstić information content (AvgIpc) is 2.83. The maximum absolute atomic E-state index is 9.18. The number of aryl methyl sites for hydroxylation is 1. The highest BCUT2D eigenvalue weighted by atomic mass is 16.5. The van der Waals surface area contributed by atoms with E-state index in [1.54, 1.807) is 12.1 Å². The molecule has 5 heteroatoms. The van der Waals surface area contributed by atoms with Gasteiger partial charge in [0.15, 0.2) is 0 Å². The minimum Gasteiger partial charge on any atom is -0.419 e. The quantitative estimate of drug-likeness (QED) is 0.758. The van der Waals surface area contributed by atoms with Gasteiger partial charge in [-0.1, -0.05) is 18.2 Å². The number of hydrogen-bond acceptors (Lipinski definition) is 4. The predicted molar refractivity (Wildman–Crippen MR) is 69.9 cm³/mol. The van der Waals surface area contributed by atoms with Gasteiger partial charge in [0, 0.05) is 23.2 Å². The van der Waals surface area contributed by atoms with E-state index in [0.29, 0.717) is 17.3 Å². The second-order valence-corrected chi connectivity index (χ2v) is 4.13. The van der Waals surface area contributed by atoms with Crippen molar-refractivity contribution in [3.05, 3.63) is 47.7 Å². The molecule has 1 N–H and O–H groups in total. The number of rotatable bonds is 2. The number of nitriles is 1. The lowest BCUT2D eigenvalue weighted by Gasteiger charge is -2.04. The molecule has 0 aliphatic carbocycles. The van der Waals surface area contributed by atoms with Gasteiger partial charge in [-0.2, -0.15) is 5.26 Å². The van der Waals surface area contributed by atoms with Crippen LogP contribution in [-0.4, -0.2) is 15.2 Å². The minimum atomic E-state index is 0.363. The Morgan fingerprint density at radius 1 is 1.21 bits per heavy atom. The number of pyridine rings is 1. The first kappa shape index (κ1) is 11.2. The second kappa shape index (κ2) is 4.42. The van der Waals surface area contributed by atoms with Crippen LogP contribution in [-0.2, 0) is 0 Å². The Hall–Kier alpha value is -2.87. The fourth-order valence-corrected chi connectivity index (χ4v) is 1.85. The first-order chi connectivity index (χ1) is 9.26. The number of nitrogens with one attached hydrogen (secondary N) is 1. The lowest BCUT2D eigenvalue weighted by atomic mass is 10.1. The molecule has 5 nitrogen and oxygen atoms in total. The molecule has 0 fully saturated rings. The molecule has 3 aromatic rings. The van der Waals surface area contributed by atoms with Crippen LogP contribution < -0.4 is 4.74 Å². The molecule has 19 heavy (non-hydrogen) atoms. The van der Waals surface area contributed by atoms with Crippen molar-refractivity contribution in [3.63, 3.8) is 0 Å². The molecule has 0 radical (unpaired) electrons. The van der Waals surface area contributed by atoms with Gasteiger partial charge in [0.05, 0.1) is 11.1 Å². The largest absolute Gasteiger partial charge is 0.419 e. The summed E-state index contributed by atoms with van der Waals surface area (Å²) in [6.07, 6.45) is 0. The molecule has 0 aliphatic heterocycles. The summed E-state index contributed by atoms with van der Waals surface area (Å²) in [5.41, 5.74) is 2.16. The van der Waals surface area contributed by atoms with Crippen LogP contribution in [0.5, 0.6) is 11.8 Å². The molecule has 1 aromatic carbocycles. The van der Waals surface area contributed by atoms with Crippen LogP contribution in [0.15, 0.2) is 36.4 Å². The number of aromatic nitrogens is 3. The van der Waals surface area contributed by atoms with E-state index in [2.05, 4.69) is 21.3 Å². The number of ether oxygens (including phenoxy) is 1. The number of fused-ring (bicyclic) bond motifs is 1. The van der Waals surface area contributed by atoms with Crippen molar-refractivity contribution in [3.8, 4) is 17.8 Å². The minimum absolute atomic E-state index is 0.363. The van der Waals surface area contributed by atoms with Crippen LogP contribution in [0.25, 0.3) is 10.9 Å². The van der Waals surface area contributed by atoms with E-state index in [0.717, 1.165) is 16.6 Å². The average molecular weight is 250 g/mol. The molecule has 0 spiro atoms. The molecule has 0 bridgehead atoms. The monoisotopic (exact) mass is 250 g/mol. The Kier molecular flexibility index (Phi) is 2.62. The summed E-state index contributed by atoms with van der Waals surface area (Å²) in [4.78, 5) is 4.36. The smallest absolute Gasteiger partial charge is 0.240 e. The second-order valence-electron chi connectivity index (χ2n) is 4.13. The fourth-order valence-electron chi connectivity index (χ4n) is 1.85. The van der Waals surface area contributed by atoms with Crippen molar-refractivity contribution in [1.29, 1.82) is 5.26 Å². The summed E-state index contributed by atoms with van der Waals surface area (Å²) in [7, 11) is 0.